The zero-order chi connectivity index (χ0) is 14.7. The number of esters is 1. The first-order chi connectivity index (χ1) is 9.51. The Morgan fingerprint density at radius 3 is 2.90 bits per heavy atom. The molecule has 1 N–H and O–H groups in total. The summed E-state index contributed by atoms with van der Waals surface area (Å²) in [6.45, 7) is 6.01. The number of anilines is 2. The molecule has 0 radical (unpaired) electrons. The largest absolute Gasteiger partial charge is 0.461 e. The number of carbonyl (C=O) groups is 1. The van der Waals surface area contributed by atoms with E-state index in [0.29, 0.717) is 17.4 Å². The monoisotopic (exact) mass is 354 g/mol. The van der Waals surface area contributed by atoms with Gasteiger partial charge in [-0.25, -0.2) is 9.78 Å². The summed E-state index contributed by atoms with van der Waals surface area (Å²) in [5, 5.41) is 3.93. The van der Waals surface area contributed by atoms with Crippen LogP contribution in [0.3, 0.4) is 0 Å². The van der Waals surface area contributed by atoms with Crippen LogP contribution in [0.2, 0.25) is 0 Å². The van der Waals surface area contributed by atoms with Crippen LogP contribution >= 0.6 is 27.3 Å². The van der Waals surface area contributed by atoms with Crippen molar-refractivity contribution >= 4 is 44.1 Å². The maximum absolute atomic E-state index is 11.7. The minimum absolute atomic E-state index is 0.350. The van der Waals surface area contributed by atoms with E-state index in [4.69, 9.17) is 4.74 Å². The number of aromatic nitrogens is 1. The SMILES string of the molecule is CCOC(=O)c1nc(Nc2cc(Br)ccc2C)sc1C. The normalized spacial score (nSPS) is 10.4. The predicted molar refractivity (Wildman–Crippen MR) is 85.0 cm³/mol. The molecule has 106 valence electrons. The average molecular weight is 355 g/mol. The van der Waals surface area contributed by atoms with Crippen molar-refractivity contribution in [1.82, 2.24) is 4.98 Å². The Labute approximate surface area is 130 Å². The van der Waals surface area contributed by atoms with Crippen LogP contribution in [0, 0.1) is 13.8 Å². The molecule has 0 saturated heterocycles. The fourth-order valence-electron chi connectivity index (χ4n) is 1.68. The van der Waals surface area contributed by atoms with Gasteiger partial charge in [-0.1, -0.05) is 22.0 Å². The third kappa shape index (κ3) is 3.37. The molecule has 2 rings (SSSR count). The molecule has 0 fully saturated rings. The topological polar surface area (TPSA) is 51.2 Å². The first-order valence-corrected chi connectivity index (χ1v) is 7.80. The highest BCUT2D eigenvalue weighted by atomic mass is 79.9. The Morgan fingerprint density at radius 2 is 2.20 bits per heavy atom. The Hall–Kier alpha value is -1.40. The molecule has 1 heterocycles. The standard InChI is InChI=1S/C14H15BrN2O2S/c1-4-19-13(18)12-9(3)20-14(17-12)16-11-7-10(15)6-5-8(11)2/h5-7H,4H2,1-3H3,(H,16,17). The summed E-state index contributed by atoms with van der Waals surface area (Å²) in [4.78, 5) is 16.9. The Kier molecular flexibility index (Phi) is 4.77. The number of carbonyl (C=O) groups excluding carboxylic acids is 1. The molecule has 0 aliphatic carbocycles. The summed E-state index contributed by atoms with van der Waals surface area (Å²) in [5.74, 6) is -0.375. The number of nitrogens with one attached hydrogen (secondary N) is 1. The van der Waals surface area contributed by atoms with E-state index in [-0.39, 0.29) is 5.97 Å². The van der Waals surface area contributed by atoms with Crippen LogP contribution in [0.5, 0.6) is 0 Å². The maximum atomic E-state index is 11.7. The third-order valence-electron chi connectivity index (χ3n) is 2.71. The zero-order valence-corrected chi connectivity index (χ0v) is 13.9. The van der Waals surface area contributed by atoms with E-state index in [0.717, 1.165) is 20.6 Å². The smallest absolute Gasteiger partial charge is 0.358 e. The second kappa shape index (κ2) is 6.37. The minimum Gasteiger partial charge on any atom is -0.461 e. The number of ether oxygens (including phenoxy) is 1. The third-order valence-corrected chi connectivity index (χ3v) is 4.09. The van der Waals surface area contributed by atoms with Gasteiger partial charge >= 0.3 is 5.97 Å². The van der Waals surface area contributed by atoms with E-state index in [1.54, 1.807) is 6.92 Å². The van der Waals surface area contributed by atoms with Crippen molar-refractivity contribution in [2.24, 2.45) is 0 Å². The van der Waals surface area contributed by atoms with Crippen molar-refractivity contribution in [2.75, 3.05) is 11.9 Å². The molecule has 6 heteroatoms. The molecule has 0 atom stereocenters. The van der Waals surface area contributed by atoms with Gasteiger partial charge in [-0.2, -0.15) is 0 Å². The molecule has 0 unspecified atom stereocenters. The summed E-state index contributed by atoms with van der Waals surface area (Å²) in [6, 6.07) is 5.98. The Morgan fingerprint density at radius 1 is 1.45 bits per heavy atom. The lowest BCUT2D eigenvalue weighted by Crippen LogP contribution is -2.06. The van der Waals surface area contributed by atoms with Gasteiger partial charge in [0.2, 0.25) is 0 Å². The minimum atomic E-state index is -0.375. The quantitative estimate of drug-likeness (QED) is 0.824. The lowest BCUT2D eigenvalue weighted by molar-refractivity contribution is 0.0519. The first-order valence-electron chi connectivity index (χ1n) is 6.19. The van der Waals surface area contributed by atoms with Gasteiger partial charge in [0, 0.05) is 15.0 Å². The van der Waals surface area contributed by atoms with Crippen molar-refractivity contribution in [2.45, 2.75) is 20.8 Å². The fraction of sp³-hybridized carbons (Fsp3) is 0.286. The number of halogens is 1. The Balaban J connectivity index is 2.24. The molecule has 20 heavy (non-hydrogen) atoms. The van der Waals surface area contributed by atoms with Crippen molar-refractivity contribution in [3.63, 3.8) is 0 Å². The molecular formula is C14H15BrN2O2S. The van der Waals surface area contributed by atoms with Crippen molar-refractivity contribution in [3.8, 4) is 0 Å². The molecule has 1 aromatic heterocycles. The summed E-state index contributed by atoms with van der Waals surface area (Å²) in [6.07, 6.45) is 0. The summed E-state index contributed by atoms with van der Waals surface area (Å²) < 4.78 is 5.98. The predicted octanol–water partition coefficient (Wildman–Crippen LogP) is 4.44. The number of nitrogens with zero attached hydrogens (tertiary/aromatic N) is 1. The van der Waals surface area contributed by atoms with Crippen LogP contribution in [0.15, 0.2) is 22.7 Å². The number of hydrogen-bond donors (Lipinski definition) is 1. The summed E-state index contributed by atoms with van der Waals surface area (Å²) >= 11 is 4.88. The zero-order valence-electron chi connectivity index (χ0n) is 11.5. The summed E-state index contributed by atoms with van der Waals surface area (Å²) in [7, 11) is 0. The van der Waals surface area contributed by atoms with Crippen LogP contribution in [0.4, 0.5) is 10.8 Å². The highest BCUT2D eigenvalue weighted by Gasteiger charge is 2.16. The molecule has 1 aromatic carbocycles. The van der Waals surface area contributed by atoms with Crippen LogP contribution in [-0.2, 0) is 4.74 Å². The lowest BCUT2D eigenvalue weighted by atomic mass is 10.2. The number of thiazole rings is 1. The molecule has 4 nitrogen and oxygen atoms in total. The van der Waals surface area contributed by atoms with Gasteiger partial charge in [-0.3, -0.25) is 0 Å². The highest BCUT2D eigenvalue weighted by molar-refractivity contribution is 9.10. The number of aryl methyl sites for hydroxylation is 2. The van der Waals surface area contributed by atoms with Crippen LogP contribution in [0.25, 0.3) is 0 Å². The van der Waals surface area contributed by atoms with E-state index < -0.39 is 0 Å². The van der Waals surface area contributed by atoms with Gasteiger partial charge in [-0.05, 0) is 38.5 Å². The van der Waals surface area contributed by atoms with E-state index in [2.05, 4.69) is 26.2 Å². The van der Waals surface area contributed by atoms with E-state index in [1.165, 1.54) is 11.3 Å². The van der Waals surface area contributed by atoms with Crippen LogP contribution < -0.4 is 5.32 Å². The van der Waals surface area contributed by atoms with Crippen molar-refractivity contribution in [1.29, 1.82) is 0 Å². The van der Waals surface area contributed by atoms with E-state index in [1.807, 2.05) is 32.0 Å². The fourth-order valence-corrected chi connectivity index (χ4v) is 2.86. The van der Waals surface area contributed by atoms with Gasteiger partial charge < -0.3 is 10.1 Å². The number of benzene rings is 1. The average Bonchev–Trinajstić information content (AvgIpc) is 2.75. The van der Waals surface area contributed by atoms with Crippen LogP contribution in [0.1, 0.15) is 27.9 Å². The molecule has 0 saturated carbocycles. The number of rotatable bonds is 4. The van der Waals surface area contributed by atoms with E-state index >= 15 is 0 Å². The van der Waals surface area contributed by atoms with Gasteiger partial charge in [0.25, 0.3) is 0 Å². The molecule has 0 amide bonds. The highest BCUT2D eigenvalue weighted by Crippen LogP contribution is 2.29. The number of hydrogen-bond acceptors (Lipinski definition) is 5. The molecule has 0 aliphatic rings. The van der Waals surface area contributed by atoms with E-state index in [9.17, 15) is 4.79 Å². The van der Waals surface area contributed by atoms with Gasteiger partial charge in [0.1, 0.15) is 0 Å². The van der Waals surface area contributed by atoms with Gasteiger partial charge in [0.05, 0.1) is 6.61 Å². The van der Waals surface area contributed by atoms with Gasteiger partial charge in [-0.15, -0.1) is 11.3 Å². The van der Waals surface area contributed by atoms with Crippen molar-refractivity contribution in [3.05, 3.63) is 38.8 Å². The second-order valence-corrected chi connectivity index (χ2v) is 6.35. The molecule has 0 bridgehead atoms. The first kappa shape index (κ1) is 15.0. The molecule has 0 spiro atoms. The second-order valence-electron chi connectivity index (χ2n) is 4.23. The molecule has 2 aromatic rings. The molecule has 0 aliphatic heterocycles. The van der Waals surface area contributed by atoms with Gasteiger partial charge in [0.15, 0.2) is 10.8 Å². The molecular weight excluding hydrogens is 340 g/mol. The van der Waals surface area contributed by atoms with Crippen molar-refractivity contribution < 1.29 is 9.53 Å². The lowest BCUT2D eigenvalue weighted by Gasteiger charge is -2.06. The van der Waals surface area contributed by atoms with Crippen LogP contribution in [-0.4, -0.2) is 17.6 Å². The summed E-state index contributed by atoms with van der Waals surface area (Å²) in [5.41, 5.74) is 2.45. The maximum Gasteiger partial charge on any atom is 0.358 e. The Bertz CT molecular complexity index is 640.